The molecule has 0 bridgehead atoms. The minimum absolute atomic E-state index is 0.0893. The van der Waals surface area contributed by atoms with Gasteiger partial charge in [-0.2, -0.15) is 18.4 Å². The number of ether oxygens (including phenoxy) is 1. The van der Waals surface area contributed by atoms with Crippen LogP contribution in [-0.4, -0.2) is 28.3 Å². The van der Waals surface area contributed by atoms with Crippen LogP contribution in [0.25, 0.3) is 22.0 Å². The maximum Gasteiger partial charge on any atom is 0.419 e. The summed E-state index contributed by atoms with van der Waals surface area (Å²) in [6, 6.07) is 12.2. The fourth-order valence-corrected chi connectivity index (χ4v) is 4.06. The summed E-state index contributed by atoms with van der Waals surface area (Å²) in [7, 11) is 0. The lowest BCUT2D eigenvalue weighted by Crippen LogP contribution is -2.50. The molecule has 0 saturated heterocycles. The molecule has 0 aliphatic heterocycles. The summed E-state index contributed by atoms with van der Waals surface area (Å²) in [6.45, 7) is 5.10. The highest BCUT2D eigenvalue weighted by Crippen LogP contribution is 2.40. The molecule has 1 atom stereocenters. The van der Waals surface area contributed by atoms with E-state index in [1.165, 1.54) is 18.3 Å². The Morgan fingerprint density at radius 3 is 2.56 bits per heavy atom. The number of benzene rings is 2. The van der Waals surface area contributed by atoms with Gasteiger partial charge in [0.05, 0.1) is 28.3 Å². The standard InChI is InChI=1S/C25H24F3N3O3/c1-15(2)12-24(3,31-23(32)33)14-34-22-7-5-17(11-20(22)25(26,27)28)18-8-9-30-21-10-16(13-29)4-6-19(18)21/h4-11,15,31H,12,14H2,1-3H3,(H,32,33). The fourth-order valence-electron chi connectivity index (χ4n) is 4.06. The Bertz CT molecular complexity index is 1250. The number of pyridine rings is 1. The van der Waals surface area contributed by atoms with E-state index in [2.05, 4.69) is 10.3 Å². The summed E-state index contributed by atoms with van der Waals surface area (Å²) in [5.74, 6) is -0.296. The van der Waals surface area contributed by atoms with Gasteiger partial charge in [-0.3, -0.25) is 4.98 Å². The molecule has 3 rings (SSSR count). The number of carboxylic acid groups (broad SMARTS) is 1. The fraction of sp³-hybridized carbons (Fsp3) is 0.320. The molecule has 1 unspecified atom stereocenters. The number of aromatic nitrogens is 1. The molecule has 3 aromatic rings. The van der Waals surface area contributed by atoms with Crippen LogP contribution in [0, 0.1) is 17.2 Å². The second kappa shape index (κ2) is 9.59. The number of amides is 1. The lowest BCUT2D eigenvalue weighted by molar-refractivity contribution is -0.139. The summed E-state index contributed by atoms with van der Waals surface area (Å²) in [5.41, 5.74) is -0.299. The second-order valence-corrected chi connectivity index (χ2v) is 8.79. The number of nitrogens with one attached hydrogen (secondary N) is 1. The SMILES string of the molecule is CC(C)CC(C)(COc1ccc(-c2ccnc3cc(C#N)ccc23)cc1C(F)(F)F)NC(=O)O. The monoisotopic (exact) mass is 471 g/mol. The number of nitrogens with zero attached hydrogens (tertiary/aromatic N) is 2. The Morgan fingerprint density at radius 1 is 1.21 bits per heavy atom. The van der Waals surface area contributed by atoms with E-state index in [4.69, 9.17) is 15.1 Å². The molecule has 1 amide bonds. The highest BCUT2D eigenvalue weighted by molar-refractivity contribution is 5.95. The van der Waals surface area contributed by atoms with Crippen LogP contribution in [0.3, 0.4) is 0 Å². The third-order valence-electron chi connectivity index (χ3n) is 5.28. The van der Waals surface area contributed by atoms with Crippen LogP contribution in [-0.2, 0) is 6.18 Å². The van der Waals surface area contributed by atoms with Gasteiger partial charge < -0.3 is 15.2 Å². The molecular weight excluding hydrogens is 447 g/mol. The van der Waals surface area contributed by atoms with E-state index in [0.717, 1.165) is 6.07 Å². The first kappa shape index (κ1) is 24.8. The number of alkyl halides is 3. The maximum atomic E-state index is 14.0. The van der Waals surface area contributed by atoms with E-state index in [1.54, 1.807) is 31.2 Å². The topological polar surface area (TPSA) is 95.2 Å². The first-order chi connectivity index (χ1) is 15.9. The molecule has 9 heteroatoms. The average molecular weight is 471 g/mol. The van der Waals surface area contributed by atoms with E-state index >= 15 is 0 Å². The predicted molar refractivity (Wildman–Crippen MR) is 121 cm³/mol. The van der Waals surface area contributed by atoms with E-state index in [-0.39, 0.29) is 18.3 Å². The maximum absolute atomic E-state index is 14.0. The van der Waals surface area contributed by atoms with Crippen LogP contribution in [0.15, 0.2) is 48.7 Å². The summed E-state index contributed by atoms with van der Waals surface area (Å²) in [4.78, 5) is 15.4. The van der Waals surface area contributed by atoms with E-state index < -0.39 is 23.4 Å². The molecule has 2 aromatic carbocycles. The van der Waals surface area contributed by atoms with E-state index in [0.29, 0.717) is 34.0 Å². The van der Waals surface area contributed by atoms with Crippen molar-refractivity contribution in [2.75, 3.05) is 6.61 Å². The molecule has 0 fully saturated rings. The Morgan fingerprint density at radius 2 is 1.94 bits per heavy atom. The molecule has 0 aliphatic carbocycles. The normalized spacial score (nSPS) is 13.4. The summed E-state index contributed by atoms with van der Waals surface area (Å²) in [5, 5.41) is 21.2. The van der Waals surface area contributed by atoms with Crippen LogP contribution >= 0.6 is 0 Å². The predicted octanol–water partition coefficient (Wildman–Crippen LogP) is 6.24. The molecule has 0 aliphatic rings. The third-order valence-corrected chi connectivity index (χ3v) is 5.28. The van der Waals surface area contributed by atoms with Crippen molar-refractivity contribution >= 4 is 17.0 Å². The van der Waals surface area contributed by atoms with Gasteiger partial charge in [0.25, 0.3) is 0 Å². The van der Waals surface area contributed by atoms with Crippen molar-refractivity contribution in [3.05, 3.63) is 59.8 Å². The van der Waals surface area contributed by atoms with Crippen LogP contribution in [0.5, 0.6) is 5.75 Å². The highest BCUT2D eigenvalue weighted by atomic mass is 19.4. The zero-order valence-corrected chi connectivity index (χ0v) is 18.9. The summed E-state index contributed by atoms with van der Waals surface area (Å²) < 4.78 is 47.4. The number of rotatable bonds is 7. The minimum atomic E-state index is -4.70. The van der Waals surface area contributed by atoms with Gasteiger partial charge in [-0.05, 0) is 60.7 Å². The number of hydrogen-bond acceptors (Lipinski definition) is 4. The van der Waals surface area contributed by atoms with Gasteiger partial charge >= 0.3 is 12.3 Å². The molecule has 1 aromatic heterocycles. The summed E-state index contributed by atoms with van der Waals surface area (Å²) >= 11 is 0. The van der Waals surface area contributed by atoms with Gasteiger partial charge in [-0.15, -0.1) is 0 Å². The Labute approximate surface area is 195 Å². The molecular formula is C25H24F3N3O3. The van der Waals surface area contributed by atoms with Crippen LogP contribution in [0.4, 0.5) is 18.0 Å². The number of fused-ring (bicyclic) bond motifs is 1. The van der Waals surface area contributed by atoms with Crippen LogP contribution in [0.2, 0.25) is 0 Å². The van der Waals surface area contributed by atoms with Crippen molar-refractivity contribution in [1.82, 2.24) is 10.3 Å². The smallest absolute Gasteiger partial charge is 0.419 e. The molecule has 0 radical (unpaired) electrons. The molecule has 0 saturated carbocycles. The first-order valence-corrected chi connectivity index (χ1v) is 10.6. The average Bonchev–Trinajstić information content (AvgIpc) is 2.75. The minimum Gasteiger partial charge on any atom is -0.491 e. The zero-order chi connectivity index (χ0) is 25.1. The van der Waals surface area contributed by atoms with Gasteiger partial charge in [0.1, 0.15) is 12.4 Å². The van der Waals surface area contributed by atoms with Crippen LogP contribution < -0.4 is 10.1 Å². The van der Waals surface area contributed by atoms with Crippen LogP contribution in [0.1, 0.15) is 38.3 Å². The van der Waals surface area contributed by atoms with Crippen molar-refractivity contribution in [1.29, 1.82) is 5.26 Å². The van der Waals surface area contributed by atoms with Crippen molar-refractivity contribution in [2.45, 2.75) is 38.9 Å². The van der Waals surface area contributed by atoms with Gasteiger partial charge in [0, 0.05) is 11.6 Å². The van der Waals surface area contributed by atoms with Crippen molar-refractivity contribution < 1.29 is 27.8 Å². The molecule has 6 nitrogen and oxygen atoms in total. The Kier molecular flexibility index (Phi) is 7.01. The Balaban J connectivity index is 2.01. The highest BCUT2D eigenvalue weighted by Gasteiger charge is 2.36. The van der Waals surface area contributed by atoms with E-state index in [9.17, 15) is 18.0 Å². The van der Waals surface area contributed by atoms with Crippen molar-refractivity contribution in [3.63, 3.8) is 0 Å². The molecule has 0 spiro atoms. The first-order valence-electron chi connectivity index (χ1n) is 10.6. The van der Waals surface area contributed by atoms with Gasteiger partial charge in [0.15, 0.2) is 0 Å². The van der Waals surface area contributed by atoms with Crippen molar-refractivity contribution in [2.24, 2.45) is 5.92 Å². The van der Waals surface area contributed by atoms with Gasteiger partial charge in [0.2, 0.25) is 0 Å². The quantitative estimate of drug-likeness (QED) is 0.425. The van der Waals surface area contributed by atoms with E-state index in [1.807, 2.05) is 19.9 Å². The second-order valence-electron chi connectivity index (χ2n) is 8.79. The van der Waals surface area contributed by atoms with Gasteiger partial charge in [-0.25, -0.2) is 4.79 Å². The third kappa shape index (κ3) is 5.76. The molecule has 178 valence electrons. The molecule has 2 N–H and O–H groups in total. The lowest BCUT2D eigenvalue weighted by Gasteiger charge is -2.31. The number of nitriles is 1. The molecule has 1 heterocycles. The Hall–Kier alpha value is -3.80. The number of hydrogen-bond donors (Lipinski definition) is 2. The lowest BCUT2D eigenvalue weighted by atomic mass is 9.91. The molecule has 34 heavy (non-hydrogen) atoms. The van der Waals surface area contributed by atoms with Crippen molar-refractivity contribution in [3.8, 4) is 22.9 Å². The number of halogens is 3. The number of carbonyl (C=O) groups is 1. The van der Waals surface area contributed by atoms with Gasteiger partial charge in [-0.1, -0.05) is 26.0 Å². The zero-order valence-electron chi connectivity index (χ0n) is 18.9. The largest absolute Gasteiger partial charge is 0.491 e. The summed E-state index contributed by atoms with van der Waals surface area (Å²) in [6.07, 6.45) is -4.11.